The Hall–Kier alpha value is -0.220. The minimum absolute atomic E-state index is 0.0677. The van der Waals surface area contributed by atoms with E-state index in [1.165, 1.54) is 9.60 Å². The van der Waals surface area contributed by atoms with E-state index in [0.29, 0.717) is 0 Å². The van der Waals surface area contributed by atoms with Crippen LogP contribution in [0.1, 0.15) is 5.56 Å². The van der Waals surface area contributed by atoms with Crippen LogP contribution < -0.4 is 0 Å². The predicted octanol–water partition coefficient (Wildman–Crippen LogP) is 3.77. The first-order valence-corrected chi connectivity index (χ1v) is 6.54. The molecule has 0 bridgehead atoms. The van der Waals surface area contributed by atoms with Crippen LogP contribution in [-0.2, 0) is 6.61 Å². The predicted molar refractivity (Wildman–Crippen MR) is 64.5 cm³/mol. The summed E-state index contributed by atoms with van der Waals surface area (Å²) in [5, 5.41) is 10.2. The number of aliphatic hydroxyl groups is 1. The standard InChI is InChI=1S/C10H9ClOS2/c1-13-8-3-2-6(5-12)7-4-9(11)14-10(7)8/h2-4,12H,5H2,1H3. The van der Waals surface area contributed by atoms with Gasteiger partial charge in [0.1, 0.15) is 0 Å². The number of benzene rings is 1. The van der Waals surface area contributed by atoms with Crippen molar-refractivity contribution in [1.82, 2.24) is 0 Å². The average molecular weight is 245 g/mol. The Morgan fingerprint density at radius 2 is 2.29 bits per heavy atom. The summed E-state index contributed by atoms with van der Waals surface area (Å²) >= 11 is 9.24. The van der Waals surface area contributed by atoms with Crippen LogP contribution in [-0.4, -0.2) is 11.4 Å². The van der Waals surface area contributed by atoms with Crippen molar-refractivity contribution in [2.75, 3.05) is 6.26 Å². The van der Waals surface area contributed by atoms with Gasteiger partial charge in [0.05, 0.1) is 10.9 Å². The number of halogens is 1. The zero-order valence-corrected chi connectivity index (χ0v) is 9.97. The molecule has 1 N–H and O–H groups in total. The topological polar surface area (TPSA) is 20.2 Å². The zero-order chi connectivity index (χ0) is 10.1. The lowest BCUT2D eigenvalue weighted by Crippen LogP contribution is -1.83. The highest BCUT2D eigenvalue weighted by molar-refractivity contribution is 7.99. The van der Waals surface area contributed by atoms with Crippen molar-refractivity contribution < 1.29 is 5.11 Å². The molecule has 0 unspecified atom stereocenters. The molecule has 1 nitrogen and oxygen atoms in total. The molecule has 0 atom stereocenters. The molecule has 1 heterocycles. The Labute approximate surface area is 95.7 Å². The van der Waals surface area contributed by atoms with Crippen LogP contribution in [0.3, 0.4) is 0 Å². The van der Waals surface area contributed by atoms with E-state index in [1.54, 1.807) is 23.1 Å². The van der Waals surface area contributed by atoms with E-state index in [4.69, 9.17) is 16.7 Å². The van der Waals surface area contributed by atoms with Gasteiger partial charge in [-0.3, -0.25) is 0 Å². The quantitative estimate of drug-likeness (QED) is 0.812. The van der Waals surface area contributed by atoms with E-state index in [-0.39, 0.29) is 6.61 Å². The van der Waals surface area contributed by atoms with Gasteiger partial charge in [-0.25, -0.2) is 0 Å². The second-order valence-electron chi connectivity index (χ2n) is 2.88. The van der Waals surface area contributed by atoms with Crippen molar-refractivity contribution in [2.45, 2.75) is 11.5 Å². The van der Waals surface area contributed by atoms with E-state index >= 15 is 0 Å². The lowest BCUT2D eigenvalue weighted by atomic mass is 10.1. The van der Waals surface area contributed by atoms with E-state index in [2.05, 4.69) is 0 Å². The zero-order valence-electron chi connectivity index (χ0n) is 7.58. The van der Waals surface area contributed by atoms with Gasteiger partial charge in [0, 0.05) is 15.0 Å². The van der Waals surface area contributed by atoms with Crippen molar-refractivity contribution >= 4 is 44.8 Å². The summed E-state index contributed by atoms with van der Waals surface area (Å²) in [5.41, 5.74) is 0.945. The highest BCUT2D eigenvalue weighted by atomic mass is 35.5. The molecule has 74 valence electrons. The number of aliphatic hydroxyl groups excluding tert-OH is 1. The molecule has 2 aromatic rings. The summed E-state index contributed by atoms with van der Waals surface area (Å²) < 4.78 is 1.95. The molecule has 0 radical (unpaired) electrons. The van der Waals surface area contributed by atoms with Crippen LogP contribution >= 0.6 is 34.7 Å². The highest BCUT2D eigenvalue weighted by Crippen LogP contribution is 2.37. The fourth-order valence-electron chi connectivity index (χ4n) is 1.42. The third kappa shape index (κ3) is 1.65. The third-order valence-corrected chi connectivity index (χ3v) is 4.30. The number of hydrogen-bond acceptors (Lipinski definition) is 3. The Morgan fingerprint density at radius 1 is 1.50 bits per heavy atom. The van der Waals surface area contributed by atoms with Crippen molar-refractivity contribution in [3.63, 3.8) is 0 Å². The summed E-state index contributed by atoms with van der Waals surface area (Å²) in [6, 6.07) is 5.91. The van der Waals surface area contributed by atoms with Gasteiger partial charge in [-0.1, -0.05) is 17.7 Å². The Balaban J connectivity index is 2.77. The number of fused-ring (bicyclic) bond motifs is 1. The summed E-state index contributed by atoms with van der Waals surface area (Å²) in [7, 11) is 0. The van der Waals surface area contributed by atoms with E-state index in [9.17, 15) is 0 Å². The Kier molecular flexibility index (Phi) is 3.02. The van der Waals surface area contributed by atoms with Crippen molar-refractivity contribution in [3.05, 3.63) is 28.1 Å². The summed E-state index contributed by atoms with van der Waals surface area (Å²) in [6.45, 7) is 0.0677. The molecule has 2 rings (SSSR count). The molecule has 0 spiro atoms. The molecule has 0 aliphatic rings. The maximum absolute atomic E-state index is 9.16. The number of thiophene rings is 1. The first-order valence-electron chi connectivity index (χ1n) is 4.12. The molecule has 0 fully saturated rings. The van der Waals surface area contributed by atoms with Crippen LogP contribution in [0.5, 0.6) is 0 Å². The molecule has 0 saturated carbocycles. The molecule has 0 saturated heterocycles. The van der Waals surface area contributed by atoms with E-state index < -0.39 is 0 Å². The number of hydrogen-bond donors (Lipinski definition) is 1. The normalized spacial score (nSPS) is 11.1. The molecule has 1 aromatic carbocycles. The maximum atomic E-state index is 9.16. The van der Waals surface area contributed by atoms with Crippen LogP contribution in [0.4, 0.5) is 0 Å². The van der Waals surface area contributed by atoms with Gasteiger partial charge in [-0.15, -0.1) is 23.1 Å². The molecule has 0 aliphatic heterocycles. The monoisotopic (exact) mass is 244 g/mol. The van der Waals surface area contributed by atoms with Gasteiger partial charge < -0.3 is 5.11 Å². The first-order chi connectivity index (χ1) is 6.76. The van der Waals surface area contributed by atoms with Gasteiger partial charge in [0.15, 0.2) is 0 Å². The lowest BCUT2D eigenvalue weighted by Gasteiger charge is -2.02. The fourth-order valence-corrected chi connectivity index (χ4v) is 3.48. The van der Waals surface area contributed by atoms with Gasteiger partial charge in [-0.2, -0.15) is 0 Å². The number of rotatable bonds is 2. The summed E-state index contributed by atoms with van der Waals surface area (Å²) in [5.74, 6) is 0. The van der Waals surface area contributed by atoms with Crippen LogP contribution in [0.25, 0.3) is 10.1 Å². The van der Waals surface area contributed by atoms with Crippen LogP contribution in [0.15, 0.2) is 23.1 Å². The molecular weight excluding hydrogens is 236 g/mol. The minimum Gasteiger partial charge on any atom is -0.392 e. The Bertz CT molecular complexity index is 423. The van der Waals surface area contributed by atoms with E-state index in [1.807, 2.05) is 24.5 Å². The van der Waals surface area contributed by atoms with Gasteiger partial charge >= 0.3 is 0 Å². The molecule has 4 heteroatoms. The lowest BCUT2D eigenvalue weighted by molar-refractivity contribution is 0.283. The van der Waals surface area contributed by atoms with Crippen LogP contribution in [0.2, 0.25) is 4.34 Å². The number of thioether (sulfide) groups is 1. The molecular formula is C10H9ClOS2. The molecule has 0 aliphatic carbocycles. The smallest absolute Gasteiger partial charge is 0.0941 e. The summed E-state index contributed by atoms with van der Waals surface area (Å²) in [4.78, 5) is 1.22. The average Bonchev–Trinajstić information content (AvgIpc) is 2.57. The largest absolute Gasteiger partial charge is 0.392 e. The SMILES string of the molecule is CSc1ccc(CO)c2cc(Cl)sc12. The molecule has 0 amide bonds. The van der Waals surface area contributed by atoms with Crippen molar-refractivity contribution in [3.8, 4) is 0 Å². The maximum Gasteiger partial charge on any atom is 0.0941 e. The summed E-state index contributed by atoms with van der Waals surface area (Å²) in [6.07, 6.45) is 2.04. The minimum atomic E-state index is 0.0677. The first kappa shape index (κ1) is 10.3. The fraction of sp³-hybridized carbons (Fsp3) is 0.200. The van der Waals surface area contributed by atoms with Crippen molar-refractivity contribution in [1.29, 1.82) is 0 Å². The second-order valence-corrected chi connectivity index (χ2v) is 5.41. The second kappa shape index (κ2) is 4.11. The molecule has 1 aromatic heterocycles. The van der Waals surface area contributed by atoms with Gasteiger partial charge in [0.2, 0.25) is 0 Å². The Morgan fingerprint density at radius 3 is 2.93 bits per heavy atom. The highest BCUT2D eigenvalue weighted by Gasteiger charge is 2.08. The van der Waals surface area contributed by atoms with E-state index in [0.717, 1.165) is 15.3 Å². The van der Waals surface area contributed by atoms with Crippen LogP contribution in [0, 0.1) is 0 Å². The van der Waals surface area contributed by atoms with Gasteiger partial charge in [-0.05, 0) is 24.0 Å². The molecule has 14 heavy (non-hydrogen) atoms. The van der Waals surface area contributed by atoms with Crippen molar-refractivity contribution in [2.24, 2.45) is 0 Å². The van der Waals surface area contributed by atoms with Gasteiger partial charge in [0.25, 0.3) is 0 Å². The third-order valence-electron chi connectivity index (χ3n) is 2.10.